The molecule has 10 N–H and O–H groups in total. The second-order valence-electron chi connectivity index (χ2n) is 16.6. The molecule has 0 spiro atoms. The molecule has 6 aromatic rings. The highest BCUT2D eigenvalue weighted by Gasteiger charge is 2.29. The van der Waals surface area contributed by atoms with Gasteiger partial charge in [0.2, 0.25) is 30.1 Å². The standard InChI is InChI=1S/C14H19N3O3S.C13H17N3O2S.C12H15N3O2S.C9H13NO/c1-21(19,20)17-13-10-3-2-4-11(14-15-7-8-16-14)9(10)5-6-12(13)18;1-3-19(17,18)16-13-6-4-5-11(10(13)2)7-12-8-14-9-15-12;1-2-18(16,17)15-11-5-3-4-10(6-11)7-12-8-13-9-14-12;1-7(10)9(11)8-5-3-2-4-6-8/h5-6,11,17-18H,2-4,7-8H2,1H3,(H,15,16);4-6,8-9,16H,3,7H2,1-2H3,(H,14,15);3-6,8-9,15H,2,7H2,1H3,(H,13,14);2-7,9,11H,10H2,1H3. The lowest BCUT2D eigenvalue weighted by atomic mass is 9.81. The number of rotatable bonds is 15. The van der Waals surface area contributed by atoms with Crippen molar-refractivity contribution in [2.45, 2.75) is 77.9 Å². The number of aliphatic hydroxyl groups is 1. The van der Waals surface area contributed by atoms with Gasteiger partial charge < -0.3 is 31.2 Å². The summed E-state index contributed by atoms with van der Waals surface area (Å²) in [5, 5.41) is 22.8. The first kappa shape index (κ1) is 53.7. The molecule has 0 saturated heterocycles. The molecular weight excluding hydrogens is 941 g/mol. The number of phenolic OH excluding ortho intramolecular Hbond substituents is 1. The lowest BCUT2D eigenvalue weighted by molar-refractivity contribution is 0.153. The third-order valence-corrected chi connectivity index (χ3v) is 14.3. The van der Waals surface area contributed by atoms with Crippen LogP contribution in [-0.4, -0.2) is 98.1 Å². The van der Waals surface area contributed by atoms with Crippen LogP contribution in [0, 0.1) is 6.92 Å². The second-order valence-corrected chi connectivity index (χ2v) is 22.3. The fourth-order valence-electron chi connectivity index (χ4n) is 7.48. The topological polar surface area (TPSA) is 287 Å². The largest absolute Gasteiger partial charge is 0.506 e. The molecule has 2 aliphatic rings. The van der Waals surface area contributed by atoms with Gasteiger partial charge in [0.15, 0.2) is 0 Å². The van der Waals surface area contributed by atoms with Crippen molar-refractivity contribution in [2.24, 2.45) is 10.7 Å². The molecule has 0 saturated carbocycles. The van der Waals surface area contributed by atoms with Crippen molar-refractivity contribution in [3.8, 4) is 5.75 Å². The fourth-order valence-corrected chi connectivity index (χ4v) is 9.41. The van der Waals surface area contributed by atoms with Crippen LogP contribution in [-0.2, 0) is 49.3 Å². The van der Waals surface area contributed by atoms with Crippen LogP contribution >= 0.6 is 0 Å². The molecule has 0 radical (unpaired) electrons. The van der Waals surface area contributed by atoms with E-state index in [9.17, 15) is 35.5 Å². The summed E-state index contributed by atoms with van der Waals surface area (Å²) in [7, 11) is -9.89. The number of amidine groups is 1. The van der Waals surface area contributed by atoms with Crippen molar-refractivity contribution >= 4 is 53.0 Å². The second kappa shape index (κ2) is 24.9. The summed E-state index contributed by atoms with van der Waals surface area (Å²) in [6.07, 6.45) is 11.4. The normalized spacial score (nSPS) is 15.2. The maximum atomic E-state index is 11.6. The van der Waals surface area contributed by atoms with Crippen LogP contribution in [0.4, 0.5) is 17.1 Å². The Kier molecular flexibility index (Phi) is 19.3. The van der Waals surface area contributed by atoms with Crippen molar-refractivity contribution in [1.82, 2.24) is 25.3 Å². The van der Waals surface area contributed by atoms with Gasteiger partial charge in [0.25, 0.3) is 0 Å². The first-order valence-electron chi connectivity index (χ1n) is 22.5. The number of sulfonamides is 3. The van der Waals surface area contributed by atoms with Crippen molar-refractivity contribution < 1.29 is 35.5 Å². The zero-order valence-electron chi connectivity index (χ0n) is 39.5. The molecule has 21 heteroatoms. The molecule has 0 fully saturated rings. The maximum Gasteiger partial charge on any atom is 0.232 e. The van der Waals surface area contributed by atoms with Crippen LogP contribution in [0.5, 0.6) is 5.75 Å². The number of nitrogens with zero attached hydrogens (tertiary/aromatic N) is 3. The number of aromatic hydroxyl groups is 1. The molecule has 3 atom stereocenters. The smallest absolute Gasteiger partial charge is 0.232 e. The molecule has 0 amide bonds. The summed E-state index contributed by atoms with van der Waals surface area (Å²) in [5.74, 6) is 1.25. The zero-order valence-corrected chi connectivity index (χ0v) is 41.9. The zero-order chi connectivity index (χ0) is 50.2. The predicted octanol–water partition coefficient (Wildman–Crippen LogP) is 6.09. The number of aliphatic hydroxyl groups excluding tert-OH is 1. The number of phenols is 1. The van der Waals surface area contributed by atoms with E-state index < -0.39 is 36.2 Å². The minimum Gasteiger partial charge on any atom is -0.506 e. The number of nitrogens with two attached hydrogens (primary N) is 1. The first-order valence-corrected chi connectivity index (χ1v) is 27.7. The summed E-state index contributed by atoms with van der Waals surface area (Å²) < 4.78 is 76.8. The van der Waals surface area contributed by atoms with Gasteiger partial charge in [-0.25, -0.2) is 35.2 Å². The van der Waals surface area contributed by atoms with E-state index in [0.717, 1.165) is 89.2 Å². The highest BCUT2D eigenvalue weighted by molar-refractivity contribution is 7.93. The molecular formula is C48H64N10O8S3. The van der Waals surface area contributed by atoms with E-state index in [4.69, 9.17) is 5.73 Å². The highest BCUT2D eigenvalue weighted by Crippen LogP contribution is 2.41. The molecule has 4 aromatic carbocycles. The number of hydrogen-bond acceptors (Lipinski definition) is 13. The summed E-state index contributed by atoms with van der Waals surface area (Å²) in [6.45, 7) is 8.57. The summed E-state index contributed by atoms with van der Waals surface area (Å²) >= 11 is 0. The van der Waals surface area contributed by atoms with Crippen LogP contribution in [0.2, 0.25) is 0 Å². The number of benzene rings is 4. The van der Waals surface area contributed by atoms with E-state index in [-0.39, 0.29) is 29.2 Å². The van der Waals surface area contributed by atoms with E-state index in [1.165, 1.54) is 0 Å². The quantitative estimate of drug-likeness (QED) is 0.0529. The van der Waals surface area contributed by atoms with E-state index in [1.807, 2.05) is 73.7 Å². The van der Waals surface area contributed by atoms with Crippen LogP contribution < -0.4 is 25.2 Å². The Morgan fingerprint density at radius 2 is 1.46 bits per heavy atom. The fraction of sp³-hybridized carbons (Fsp3) is 0.354. The molecule has 2 aromatic heterocycles. The molecule has 0 bridgehead atoms. The summed E-state index contributed by atoms with van der Waals surface area (Å²) in [4.78, 5) is 18.5. The van der Waals surface area contributed by atoms with Crippen LogP contribution in [0.3, 0.4) is 0 Å². The Bertz CT molecular complexity index is 2930. The van der Waals surface area contributed by atoms with E-state index in [2.05, 4.69) is 44.4 Å². The van der Waals surface area contributed by atoms with Crippen molar-refractivity contribution in [3.63, 3.8) is 0 Å². The van der Waals surface area contributed by atoms with Gasteiger partial charge in [-0.1, -0.05) is 60.7 Å². The Hall–Kier alpha value is -6.26. The number of H-pyrrole nitrogens is 2. The Labute approximate surface area is 405 Å². The van der Waals surface area contributed by atoms with Crippen LogP contribution in [0.25, 0.3) is 0 Å². The van der Waals surface area contributed by atoms with Crippen molar-refractivity contribution in [3.05, 3.63) is 155 Å². The minimum absolute atomic E-state index is 0.0267. The number of aromatic nitrogens is 4. The molecule has 372 valence electrons. The Morgan fingerprint density at radius 1 is 0.812 bits per heavy atom. The summed E-state index contributed by atoms with van der Waals surface area (Å²) in [5.41, 5.74) is 14.9. The number of aromatic amines is 2. The van der Waals surface area contributed by atoms with Crippen LogP contribution in [0.15, 0.2) is 115 Å². The van der Waals surface area contributed by atoms with E-state index >= 15 is 0 Å². The molecule has 18 nitrogen and oxygen atoms in total. The maximum absolute atomic E-state index is 11.6. The number of aliphatic imine (C=N–C) groups is 1. The average Bonchev–Trinajstić information content (AvgIpc) is 4.15. The van der Waals surface area contributed by atoms with Gasteiger partial charge >= 0.3 is 0 Å². The number of anilines is 3. The number of fused-ring (bicyclic) bond motifs is 1. The molecule has 8 rings (SSSR count). The predicted molar refractivity (Wildman–Crippen MR) is 274 cm³/mol. The van der Waals surface area contributed by atoms with E-state index in [1.54, 1.807) is 64.0 Å². The van der Waals surface area contributed by atoms with E-state index in [0.29, 0.717) is 29.9 Å². The lowest BCUT2D eigenvalue weighted by Crippen LogP contribution is -2.28. The Balaban J connectivity index is 0.000000175. The lowest BCUT2D eigenvalue weighted by Gasteiger charge is -2.28. The molecule has 1 aliphatic carbocycles. The average molecular weight is 1010 g/mol. The SMILES string of the molecule is CC(N)C(O)c1ccccc1.CCS(=O)(=O)Nc1cccc(Cc2cnc[nH]2)c1.CCS(=O)(=O)Nc1cccc(Cc2cnc[nH]2)c1C.CS(=O)(=O)Nc1c(O)ccc2c1CCCC2C1=NCCN1. The first-order chi connectivity index (χ1) is 32.8. The number of nitrogens with one attached hydrogen (secondary N) is 6. The van der Waals surface area contributed by atoms with Crippen LogP contribution in [0.1, 0.15) is 90.4 Å². The number of hydrogen-bond donors (Lipinski definition) is 9. The highest BCUT2D eigenvalue weighted by atomic mass is 32.2. The van der Waals surface area contributed by atoms with Crippen molar-refractivity contribution in [2.75, 3.05) is 45.0 Å². The molecule has 69 heavy (non-hydrogen) atoms. The van der Waals surface area contributed by atoms with Gasteiger partial charge in [0, 0.05) is 60.8 Å². The summed E-state index contributed by atoms with van der Waals surface area (Å²) in [6, 6.07) is 25.6. The third-order valence-electron chi connectivity index (χ3n) is 11.1. The van der Waals surface area contributed by atoms with Gasteiger partial charge in [-0.05, 0) is 105 Å². The van der Waals surface area contributed by atoms with Gasteiger partial charge in [-0.3, -0.25) is 19.2 Å². The van der Waals surface area contributed by atoms with Gasteiger partial charge in [-0.15, -0.1) is 0 Å². The van der Waals surface area contributed by atoms with Crippen molar-refractivity contribution in [1.29, 1.82) is 0 Å². The number of imidazole rings is 2. The monoisotopic (exact) mass is 1000 g/mol. The molecule has 1 aliphatic heterocycles. The minimum atomic E-state index is -3.43. The molecule has 3 unspecified atom stereocenters. The van der Waals surface area contributed by atoms with Gasteiger partial charge in [0.1, 0.15) is 11.6 Å². The van der Waals surface area contributed by atoms with Gasteiger partial charge in [0.05, 0.1) is 54.4 Å². The third kappa shape index (κ3) is 16.7. The van der Waals surface area contributed by atoms with Gasteiger partial charge in [-0.2, -0.15) is 0 Å². The molecule has 3 heterocycles. The Morgan fingerprint density at radius 3 is 2.06 bits per heavy atom.